The highest BCUT2D eigenvalue weighted by molar-refractivity contribution is 5.64. The van der Waals surface area contributed by atoms with Gasteiger partial charge in [-0.25, -0.2) is 4.89 Å². The molecule has 0 N–H and O–H groups in total. The van der Waals surface area contributed by atoms with E-state index in [1.807, 2.05) is 6.92 Å². The first kappa shape index (κ1) is 16.3. The largest absolute Gasteiger partial charge is 0.556 e. The van der Waals surface area contributed by atoms with Crippen LogP contribution in [0, 0.1) is 29.1 Å². The Balaban J connectivity index is 2.47. The van der Waals surface area contributed by atoms with Crippen LogP contribution in [0.2, 0.25) is 0 Å². The fraction of sp³-hybridized carbons (Fsp3) is 0.357. The minimum atomic E-state index is -1.10. The third kappa shape index (κ3) is 5.82. The number of hydrogen-bond acceptors (Lipinski definition) is 6. The quantitative estimate of drug-likeness (QED) is 0.157. The zero-order valence-corrected chi connectivity index (χ0v) is 11.8. The Morgan fingerprint density at radius 2 is 2.19 bits per heavy atom. The second-order valence-electron chi connectivity index (χ2n) is 4.11. The molecule has 1 aromatic rings. The highest BCUT2D eigenvalue weighted by Crippen LogP contribution is 2.23. The van der Waals surface area contributed by atoms with Crippen LogP contribution >= 0.6 is 0 Å². The molecular formula is C14H15NO6. The van der Waals surface area contributed by atoms with Gasteiger partial charge in [0.05, 0.1) is 4.92 Å². The molecule has 1 aromatic carbocycles. The predicted octanol–water partition coefficient (Wildman–Crippen LogP) is 3.50. The molecule has 7 nitrogen and oxygen atoms in total. The van der Waals surface area contributed by atoms with E-state index >= 15 is 0 Å². The van der Waals surface area contributed by atoms with E-state index in [0.717, 1.165) is 12.8 Å². The van der Waals surface area contributed by atoms with Crippen LogP contribution in [-0.2, 0) is 9.78 Å². The van der Waals surface area contributed by atoms with Crippen LogP contribution < -0.4 is 4.74 Å². The summed E-state index contributed by atoms with van der Waals surface area (Å²) in [5, 5.41) is 10.6. The lowest BCUT2D eigenvalue weighted by molar-refractivity contribution is -0.384. The molecule has 0 unspecified atom stereocenters. The topological polar surface area (TPSA) is 87.9 Å². The molecule has 21 heavy (non-hydrogen) atoms. The van der Waals surface area contributed by atoms with Gasteiger partial charge in [-0.1, -0.05) is 19.3 Å². The van der Waals surface area contributed by atoms with Crippen LogP contribution in [0.5, 0.6) is 5.75 Å². The van der Waals surface area contributed by atoms with E-state index < -0.39 is 11.1 Å². The van der Waals surface area contributed by atoms with Gasteiger partial charge >= 0.3 is 6.16 Å². The molecule has 0 aliphatic rings. The molecule has 0 saturated carbocycles. The summed E-state index contributed by atoms with van der Waals surface area (Å²) in [6.07, 6.45) is 3.71. The molecule has 0 aliphatic carbocycles. The van der Waals surface area contributed by atoms with Gasteiger partial charge in [-0.3, -0.25) is 10.1 Å². The number of non-ortho nitro benzene ring substituents is 1. The van der Waals surface area contributed by atoms with E-state index in [4.69, 9.17) is 4.74 Å². The van der Waals surface area contributed by atoms with Crippen molar-refractivity contribution in [3.05, 3.63) is 33.9 Å². The molecule has 0 radical (unpaired) electrons. The first-order chi connectivity index (χ1) is 10.0. The average Bonchev–Trinajstić information content (AvgIpc) is 2.44. The predicted molar refractivity (Wildman–Crippen MR) is 73.3 cm³/mol. The van der Waals surface area contributed by atoms with Gasteiger partial charge in [0.1, 0.15) is 5.75 Å². The van der Waals surface area contributed by atoms with Crippen molar-refractivity contribution in [2.24, 2.45) is 0 Å². The third-order valence-corrected chi connectivity index (χ3v) is 2.44. The summed E-state index contributed by atoms with van der Waals surface area (Å²) >= 11 is 0. The normalized spacial score (nSPS) is 9.24. The lowest BCUT2D eigenvalue weighted by atomic mass is 10.2. The average molecular weight is 293 g/mol. The number of ether oxygens (including phenoxy) is 1. The van der Waals surface area contributed by atoms with E-state index in [-0.39, 0.29) is 11.4 Å². The highest BCUT2D eigenvalue weighted by Gasteiger charge is 2.13. The number of rotatable bonds is 5. The molecule has 7 heteroatoms. The number of aryl methyl sites for hydroxylation is 1. The molecule has 1 rings (SSSR count). The number of nitro groups is 1. The van der Waals surface area contributed by atoms with Crippen LogP contribution in [0.25, 0.3) is 0 Å². The van der Waals surface area contributed by atoms with Crippen LogP contribution in [0.1, 0.15) is 31.7 Å². The van der Waals surface area contributed by atoms with E-state index in [0.29, 0.717) is 12.0 Å². The minimum Gasteiger partial charge on any atom is -0.392 e. The number of nitro benzene ring substituents is 1. The fourth-order valence-corrected chi connectivity index (χ4v) is 1.37. The molecule has 0 heterocycles. The lowest BCUT2D eigenvalue weighted by Crippen LogP contribution is -2.10. The van der Waals surface area contributed by atoms with Gasteiger partial charge in [0, 0.05) is 18.6 Å². The Morgan fingerprint density at radius 3 is 2.81 bits per heavy atom. The number of benzene rings is 1. The van der Waals surface area contributed by atoms with Crippen molar-refractivity contribution in [1.29, 1.82) is 0 Å². The van der Waals surface area contributed by atoms with Crippen molar-refractivity contribution < 1.29 is 24.2 Å². The molecule has 0 fully saturated rings. The Kier molecular flexibility index (Phi) is 6.54. The minimum absolute atomic E-state index is 0.0914. The highest BCUT2D eigenvalue weighted by atomic mass is 17.2. The fourth-order valence-electron chi connectivity index (χ4n) is 1.37. The smallest absolute Gasteiger partial charge is 0.392 e. The Labute approximate surface area is 121 Å². The van der Waals surface area contributed by atoms with E-state index in [2.05, 4.69) is 21.8 Å². The Morgan fingerprint density at radius 1 is 1.43 bits per heavy atom. The van der Waals surface area contributed by atoms with Crippen LogP contribution in [0.3, 0.4) is 0 Å². The number of hydrogen-bond donors (Lipinski definition) is 0. The molecular weight excluding hydrogens is 278 g/mol. The number of carbonyl (C=O) groups excluding carboxylic acids is 1. The van der Waals surface area contributed by atoms with Crippen molar-refractivity contribution >= 4 is 11.8 Å². The zero-order chi connectivity index (χ0) is 15.7. The van der Waals surface area contributed by atoms with E-state index in [1.54, 1.807) is 6.92 Å². The zero-order valence-electron chi connectivity index (χ0n) is 11.8. The van der Waals surface area contributed by atoms with Gasteiger partial charge in [0.2, 0.25) is 0 Å². The van der Waals surface area contributed by atoms with Crippen molar-refractivity contribution in [2.75, 3.05) is 0 Å². The molecule has 0 bridgehead atoms. The maximum atomic E-state index is 11.3. The Hall–Kier alpha value is -2.75. The van der Waals surface area contributed by atoms with Gasteiger partial charge in [-0.15, -0.1) is 0 Å². The lowest BCUT2D eigenvalue weighted by Gasteiger charge is -2.04. The van der Waals surface area contributed by atoms with Gasteiger partial charge in [-0.2, -0.15) is 9.68 Å². The summed E-state index contributed by atoms with van der Waals surface area (Å²) in [6, 6.07) is 3.82. The summed E-state index contributed by atoms with van der Waals surface area (Å²) in [5.41, 5.74) is 0.335. The molecule has 0 spiro atoms. The van der Waals surface area contributed by atoms with Crippen molar-refractivity contribution in [3.63, 3.8) is 0 Å². The maximum absolute atomic E-state index is 11.3. The second kappa shape index (κ2) is 8.43. The van der Waals surface area contributed by atoms with Gasteiger partial charge < -0.3 is 4.74 Å². The summed E-state index contributed by atoms with van der Waals surface area (Å²) in [5.74, 6) is 2.80. The molecule has 0 aromatic heterocycles. The summed E-state index contributed by atoms with van der Waals surface area (Å²) < 4.78 is 4.83. The van der Waals surface area contributed by atoms with Crippen LogP contribution in [0.15, 0.2) is 18.2 Å². The van der Waals surface area contributed by atoms with E-state index in [9.17, 15) is 14.9 Å². The van der Waals surface area contributed by atoms with E-state index in [1.165, 1.54) is 18.2 Å². The Bertz CT molecular complexity index is 573. The maximum Gasteiger partial charge on any atom is 0.556 e. The second-order valence-corrected chi connectivity index (χ2v) is 4.11. The summed E-state index contributed by atoms with van der Waals surface area (Å²) in [6.45, 7) is 3.60. The first-order valence-corrected chi connectivity index (χ1v) is 6.32. The molecule has 0 aliphatic heterocycles. The summed E-state index contributed by atoms with van der Waals surface area (Å²) in [4.78, 5) is 30.0. The van der Waals surface area contributed by atoms with Gasteiger partial charge in [0.15, 0.2) is 6.11 Å². The monoisotopic (exact) mass is 293 g/mol. The standard InChI is InChI=1S/C14H15NO6/c1-3-4-5-6-9-19-21-14(16)20-13-8-7-12(15(17)18)10-11(13)2/h7-8,10H,3-5H2,1-2H3. The van der Waals surface area contributed by atoms with Gasteiger partial charge in [0.25, 0.3) is 5.69 Å². The van der Waals surface area contributed by atoms with Crippen molar-refractivity contribution in [2.45, 2.75) is 33.1 Å². The molecule has 0 amide bonds. The molecule has 112 valence electrons. The SMILES string of the molecule is CCCCC#COOC(=O)Oc1ccc([N+](=O)[O-])cc1C. The van der Waals surface area contributed by atoms with Crippen molar-refractivity contribution in [3.8, 4) is 17.8 Å². The van der Waals surface area contributed by atoms with Gasteiger partial charge in [-0.05, 0) is 25.0 Å². The van der Waals surface area contributed by atoms with Crippen LogP contribution in [0.4, 0.5) is 10.5 Å². The molecule has 0 atom stereocenters. The number of nitrogens with zero attached hydrogens (tertiary/aromatic N) is 1. The van der Waals surface area contributed by atoms with Crippen molar-refractivity contribution in [1.82, 2.24) is 0 Å². The number of carbonyl (C=O) groups is 1. The number of unbranched alkanes of at least 4 members (excludes halogenated alkanes) is 2. The molecule has 0 saturated heterocycles. The first-order valence-electron chi connectivity index (χ1n) is 6.32. The van der Waals surface area contributed by atoms with Crippen LogP contribution in [-0.4, -0.2) is 11.1 Å². The third-order valence-electron chi connectivity index (χ3n) is 2.44. The summed E-state index contributed by atoms with van der Waals surface area (Å²) in [7, 11) is 0.